The minimum absolute atomic E-state index is 0.0209. The number of hydrogen-bond acceptors (Lipinski definition) is 9. The molecule has 0 saturated carbocycles. The van der Waals surface area contributed by atoms with Gasteiger partial charge in [-0.2, -0.15) is 5.26 Å². The molecule has 3 atom stereocenters. The van der Waals surface area contributed by atoms with Crippen molar-refractivity contribution in [3.63, 3.8) is 0 Å². The predicted octanol–water partition coefficient (Wildman–Crippen LogP) is 9.00. The number of ether oxygens (including phenoxy) is 3. The first-order valence-electron chi connectivity index (χ1n) is 16.9. The summed E-state index contributed by atoms with van der Waals surface area (Å²) in [7, 11) is -6.59. The Hall–Kier alpha value is -2.68. The predicted molar refractivity (Wildman–Crippen MR) is 192 cm³/mol. The second-order valence-electron chi connectivity index (χ2n) is 14.1. The van der Waals surface area contributed by atoms with Crippen LogP contribution in [-0.2, 0) is 42.4 Å². The fourth-order valence-electron chi connectivity index (χ4n) is 5.73. The Balaban J connectivity index is 1.91. The van der Waals surface area contributed by atoms with Gasteiger partial charge in [0.15, 0.2) is 14.1 Å². The summed E-state index contributed by atoms with van der Waals surface area (Å²) >= 11 is 0. The molecule has 0 bridgehead atoms. The zero-order valence-corrected chi connectivity index (χ0v) is 32.2. The molecule has 1 fully saturated rings. The van der Waals surface area contributed by atoms with E-state index in [1.54, 1.807) is 27.7 Å². The number of nitrogens with zero attached hydrogens (tertiary/aromatic N) is 1. The minimum Gasteiger partial charge on any atom is -0.414 e. The quantitative estimate of drug-likeness (QED) is 0.0819. The summed E-state index contributed by atoms with van der Waals surface area (Å²) in [5.41, 5.74) is -0.826. The topological polar surface area (TPSA) is 105 Å². The van der Waals surface area contributed by atoms with Gasteiger partial charge in [-0.3, -0.25) is 13.6 Å². The smallest absolute Gasteiger partial charge is 0.414 e. The summed E-state index contributed by atoms with van der Waals surface area (Å²) < 4.78 is 58.4. The summed E-state index contributed by atoms with van der Waals surface area (Å²) in [6, 6.07) is 31.7. The standard InChI is InChI=1S/C38H52NO8PSi/c1-10-42-48(40,43-11-2)47-37(28-39,34-33(45-36(6,7)46-34)27-44-49(8,9)35(3,4)5)29-41-38(30-21-15-12-16-22-30,31-23-17-13-18-24-31)32-25-19-14-20-26-32/h12-26,33-34H,10-11,27,29H2,1-9H3/t33-,34-,37?/m0/s1. The minimum atomic E-state index is -4.32. The largest absolute Gasteiger partial charge is 0.476 e. The Morgan fingerprint density at radius 1 is 0.816 bits per heavy atom. The van der Waals surface area contributed by atoms with E-state index in [1.807, 2.05) is 91.0 Å². The number of benzene rings is 3. The Labute approximate surface area is 293 Å². The highest BCUT2D eigenvalue weighted by atomic mass is 31.2. The third-order valence-corrected chi connectivity index (χ3v) is 15.3. The lowest BCUT2D eigenvalue weighted by atomic mass is 9.79. The maximum absolute atomic E-state index is 14.2. The van der Waals surface area contributed by atoms with Crippen LogP contribution in [0.5, 0.6) is 0 Å². The average molecular weight is 710 g/mol. The molecule has 3 aromatic carbocycles. The average Bonchev–Trinajstić information content (AvgIpc) is 3.39. The summed E-state index contributed by atoms with van der Waals surface area (Å²) in [5.74, 6) is -1.13. The molecular formula is C38H52NO8PSi. The first-order chi connectivity index (χ1) is 23.1. The molecule has 1 saturated heterocycles. The van der Waals surface area contributed by atoms with E-state index in [0.29, 0.717) is 0 Å². The molecule has 3 aromatic rings. The van der Waals surface area contributed by atoms with Crippen molar-refractivity contribution in [3.8, 4) is 6.07 Å². The van der Waals surface area contributed by atoms with Crippen LogP contribution in [-0.4, -0.2) is 58.3 Å². The Morgan fingerprint density at radius 3 is 1.65 bits per heavy atom. The molecule has 49 heavy (non-hydrogen) atoms. The van der Waals surface area contributed by atoms with E-state index in [2.05, 4.69) is 39.9 Å². The van der Waals surface area contributed by atoms with Gasteiger partial charge in [0.1, 0.15) is 23.9 Å². The fourth-order valence-corrected chi connectivity index (χ4v) is 8.15. The summed E-state index contributed by atoms with van der Waals surface area (Å²) in [5, 5.41) is 11.2. The molecule has 1 heterocycles. The van der Waals surface area contributed by atoms with Gasteiger partial charge < -0.3 is 18.6 Å². The molecule has 0 spiro atoms. The molecule has 0 amide bonds. The van der Waals surface area contributed by atoms with E-state index in [0.717, 1.165) is 16.7 Å². The molecule has 0 aromatic heterocycles. The molecule has 9 nitrogen and oxygen atoms in total. The van der Waals surface area contributed by atoms with Gasteiger partial charge >= 0.3 is 7.82 Å². The lowest BCUT2D eigenvalue weighted by Gasteiger charge is -2.41. The van der Waals surface area contributed by atoms with Crippen molar-refractivity contribution in [1.29, 1.82) is 5.26 Å². The van der Waals surface area contributed by atoms with Crippen molar-refractivity contribution in [2.45, 2.75) is 95.8 Å². The van der Waals surface area contributed by atoms with Crippen LogP contribution in [0.2, 0.25) is 18.1 Å². The number of phosphoric ester groups is 1. The van der Waals surface area contributed by atoms with Crippen LogP contribution >= 0.6 is 7.82 Å². The zero-order chi connectivity index (χ0) is 36.0. The van der Waals surface area contributed by atoms with E-state index in [9.17, 15) is 9.83 Å². The van der Waals surface area contributed by atoms with Crippen LogP contribution in [0.15, 0.2) is 91.0 Å². The van der Waals surface area contributed by atoms with Crippen LogP contribution in [0.25, 0.3) is 0 Å². The van der Waals surface area contributed by atoms with Gasteiger partial charge in [0.25, 0.3) is 0 Å². The van der Waals surface area contributed by atoms with E-state index in [4.69, 9.17) is 32.2 Å². The van der Waals surface area contributed by atoms with E-state index in [1.165, 1.54) is 0 Å². The van der Waals surface area contributed by atoms with Gasteiger partial charge in [-0.25, -0.2) is 4.57 Å². The second kappa shape index (κ2) is 15.7. The summed E-state index contributed by atoms with van der Waals surface area (Å²) in [6.45, 7) is 17.4. The number of nitriles is 1. The number of hydrogen-bond donors (Lipinski definition) is 0. The van der Waals surface area contributed by atoms with Crippen LogP contribution in [0.3, 0.4) is 0 Å². The molecule has 0 radical (unpaired) electrons. The Bertz CT molecular complexity index is 1470. The van der Waals surface area contributed by atoms with Crippen LogP contribution < -0.4 is 0 Å². The van der Waals surface area contributed by atoms with Crippen LogP contribution in [0.1, 0.15) is 65.2 Å². The molecule has 11 heteroatoms. The fraction of sp³-hybridized carbons (Fsp3) is 0.500. The molecule has 4 rings (SSSR count). The van der Waals surface area contributed by atoms with E-state index < -0.39 is 51.9 Å². The molecule has 1 aliphatic heterocycles. The van der Waals surface area contributed by atoms with Crippen molar-refractivity contribution in [2.75, 3.05) is 26.4 Å². The van der Waals surface area contributed by atoms with Gasteiger partial charge in [-0.05, 0) is 62.5 Å². The maximum Gasteiger partial charge on any atom is 0.476 e. The Kier molecular flexibility index (Phi) is 12.5. The lowest BCUT2D eigenvalue weighted by molar-refractivity contribution is -0.173. The van der Waals surface area contributed by atoms with Gasteiger partial charge in [0.05, 0.1) is 26.4 Å². The van der Waals surface area contributed by atoms with Gasteiger partial charge in [0.2, 0.25) is 5.60 Å². The normalized spacial score (nSPS) is 19.7. The Morgan fingerprint density at radius 2 is 1.27 bits per heavy atom. The monoisotopic (exact) mass is 709 g/mol. The van der Waals surface area contributed by atoms with Crippen LogP contribution in [0.4, 0.5) is 0 Å². The van der Waals surface area contributed by atoms with E-state index in [-0.39, 0.29) is 24.9 Å². The van der Waals surface area contributed by atoms with Gasteiger partial charge in [0, 0.05) is 0 Å². The highest BCUT2D eigenvalue weighted by Gasteiger charge is 2.59. The third-order valence-electron chi connectivity index (χ3n) is 9.14. The van der Waals surface area contributed by atoms with E-state index >= 15 is 0 Å². The number of rotatable bonds is 16. The first kappa shape index (κ1) is 39.1. The van der Waals surface area contributed by atoms with Crippen LogP contribution in [0, 0.1) is 11.3 Å². The summed E-state index contributed by atoms with van der Waals surface area (Å²) in [4.78, 5) is 0. The molecule has 0 N–H and O–H groups in total. The molecule has 1 aliphatic rings. The summed E-state index contributed by atoms with van der Waals surface area (Å²) in [6.07, 6.45) is -1.91. The maximum atomic E-state index is 14.2. The highest BCUT2D eigenvalue weighted by molar-refractivity contribution is 7.48. The zero-order valence-electron chi connectivity index (χ0n) is 30.3. The number of phosphoric acid groups is 1. The third kappa shape index (κ3) is 8.80. The molecule has 0 aliphatic carbocycles. The van der Waals surface area contributed by atoms with Crippen molar-refractivity contribution < 1.29 is 36.8 Å². The van der Waals surface area contributed by atoms with Crippen molar-refractivity contribution in [3.05, 3.63) is 108 Å². The lowest BCUT2D eigenvalue weighted by Crippen LogP contribution is -2.55. The van der Waals surface area contributed by atoms with Crippen molar-refractivity contribution >= 4 is 16.1 Å². The van der Waals surface area contributed by atoms with Gasteiger partial charge in [-0.1, -0.05) is 112 Å². The first-order valence-corrected chi connectivity index (χ1v) is 21.2. The van der Waals surface area contributed by atoms with Gasteiger partial charge in [-0.15, -0.1) is 0 Å². The molecule has 1 unspecified atom stereocenters. The van der Waals surface area contributed by atoms with Crippen molar-refractivity contribution in [1.82, 2.24) is 0 Å². The SMILES string of the molecule is CCOP(=O)(OCC)OC(C#N)(COC(c1ccccc1)(c1ccccc1)c1ccccc1)[C@H]1OC(C)(C)O[C@H]1CO[Si](C)(C)C(C)(C)C. The van der Waals surface area contributed by atoms with Crippen molar-refractivity contribution in [2.24, 2.45) is 0 Å². The second-order valence-corrected chi connectivity index (χ2v) is 20.5. The molecular weight excluding hydrogens is 657 g/mol. The molecule has 266 valence electrons. The highest BCUT2D eigenvalue weighted by Crippen LogP contribution is 2.55.